The van der Waals surface area contributed by atoms with Gasteiger partial charge in [-0.2, -0.15) is 0 Å². The molecule has 32 heavy (non-hydrogen) atoms. The highest BCUT2D eigenvalue weighted by Gasteiger charge is 2.24. The molecule has 8 heteroatoms. The Morgan fingerprint density at radius 3 is 2.75 bits per heavy atom. The largest absolute Gasteiger partial charge is 0.462 e. The number of H-pyrrole nitrogens is 1. The van der Waals surface area contributed by atoms with Crippen LogP contribution in [0.4, 0.5) is 4.39 Å². The Bertz CT molecular complexity index is 1190. The van der Waals surface area contributed by atoms with E-state index in [1.54, 1.807) is 35.4 Å². The molecule has 2 aromatic carbocycles. The first-order valence-electron chi connectivity index (χ1n) is 10.3. The summed E-state index contributed by atoms with van der Waals surface area (Å²) in [6, 6.07) is 12.6. The van der Waals surface area contributed by atoms with Crippen molar-refractivity contribution < 1.29 is 18.7 Å². The van der Waals surface area contributed by atoms with Gasteiger partial charge in [0.15, 0.2) is 0 Å². The van der Waals surface area contributed by atoms with Crippen molar-refractivity contribution in [3.05, 3.63) is 90.4 Å². The number of aromatic amines is 1. The van der Waals surface area contributed by atoms with E-state index >= 15 is 0 Å². The summed E-state index contributed by atoms with van der Waals surface area (Å²) in [7, 11) is 0. The molecule has 0 aliphatic heterocycles. The molecule has 4 aromatic rings. The average molecular weight is 434 g/mol. The molecule has 2 aromatic heterocycles. The smallest absolute Gasteiger partial charge is 0.329 e. The molecule has 0 spiro atoms. The molecule has 0 fully saturated rings. The Kier molecular flexibility index (Phi) is 6.60. The topological polar surface area (TPSA) is 89.0 Å². The third-order valence-electron chi connectivity index (χ3n) is 5.15. The molecule has 0 aliphatic carbocycles. The van der Waals surface area contributed by atoms with Crippen LogP contribution >= 0.6 is 0 Å². The van der Waals surface area contributed by atoms with Crippen LogP contribution in [-0.2, 0) is 33.7 Å². The highest BCUT2D eigenvalue weighted by Crippen LogP contribution is 2.19. The number of nitrogens with zero attached hydrogens (tertiary/aromatic N) is 2. The molecular weight excluding hydrogens is 411 g/mol. The number of nitrogens with one attached hydrogen (secondary N) is 2. The summed E-state index contributed by atoms with van der Waals surface area (Å²) in [5, 5.41) is 3.77. The van der Waals surface area contributed by atoms with Gasteiger partial charge in [-0.05, 0) is 29.3 Å². The number of aromatic nitrogens is 3. The molecule has 2 N–H and O–H groups in total. The van der Waals surface area contributed by atoms with Gasteiger partial charge in [0.1, 0.15) is 18.5 Å². The summed E-state index contributed by atoms with van der Waals surface area (Å²) < 4.78 is 20.4. The Hall–Kier alpha value is -3.94. The van der Waals surface area contributed by atoms with E-state index in [0.717, 1.165) is 16.5 Å². The molecule has 7 nitrogen and oxygen atoms in total. The van der Waals surface area contributed by atoms with Crippen LogP contribution in [0.25, 0.3) is 10.9 Å². The number of esters is 1. The molecule has 164 valence electrons. The number of carbonyl (C=O) groups excluding carboxylic acids is 2. The second-order valence-corrected chi connectivity index (χ2v) is 7.45. The fourth-order valence-electron chi connectivity index (χ4n) is 3.52. The van der Waals surface area contributed by atoms with Gasteiger partial charge < -0.3 is 19.6 Å². The SMILES string of the molecule is O=C(Cc1ccc(F)cc1)N[C@H](Cc1c[nH]c2ccccc12)C(=O)OCCn1ccnc1. The number of hydrogen-bond acceptors (Lipinski definition) is 4. The second-order valence-electron chi connectivity index (χ2n) is 7.45. The van der Waals surface area contributed by atoms with Crippen LogP contribution in [0.1, 0.15) is 11.1 Å². The summed E-state index contributed by atoms with van der Waals surface area (Å²) in [6.45, 7) is 0.627. The molecular formula is C24H23FN4O3. The lowest BCUT2D eigenvalue weighted by Crippen LogP contribution is -2.44. The number of ether oxygens (including phenoxy) is 1. The van der Waals surface area contributed by atoms with Crippen molar-refractivity contribution in [2.24, 2.45) is 0 Å². The maximum absolute atomic E-state index is 13.1. The zero-order chi connectivity index (χ0) is 22.3. The first-order chi connectivity index (χ1) is 15.6. The lowest BCUT2D eigenvalue weighted by molar-refractivity contribution is -0.148. The van der Waals surface area contributed by atoms with Crippen LogP contribution in [0.15, 0.2) is 73.4 Å². The van der Waals surface area contributed by atoms with Gasteiger partial charge in [-0.15, -0.1) is 0 Å². The van der Waals surface area contributed by atoms with Gasteiger partial charge in [0.25, 0.3) is 0 Å². The Labute approximate surface area is 184 Å². The minimum Gasteiger partial charge on any atom is -0.462 e. The maximum atomic E-state index is 13.1. The first kappa shape index (κ1) is 21.3. The summed E-state index contributed by atoms with van der Waals surface area (Å²) >= 11 is 0. The molecule has 1 atom stereocenters. The highest BCUT2D eigenvalue weighted by atomic mass is 19.1. The van der Waals surface area contributed by atoms with E-state index in [9.17, 15) is 14.0 Å². The third-order valence-corrected chi connectivity index (χ3v) is 5.15. The predicted octanol–water partition coefficient (Wildman–Crippen LogP) is 3.02. The van der Waals surface area contributed by atoms with Gasteiger partial charge in [0, 0.05) is 35.9 Å². The van der Waals surface area contributed by atoms with Crippen LogP contribution in [0.5, 0.6) is 0 Å². The minimum atomic E-state index is -0.857. The number of amides is 1. The zero-order valence-corrected chi connectivity index (χ0v) is 17.3. The van der Waals surface area contributed by atoms with Crippen molar-refractivity contribution in [3.63, 3.8) is 0 Å². The molecule has 0 unspecified atom stereocenters. The number of hydrogen-bond donors (Lipinski definition) is 2. The van der Waals surface area contributed by atoms with Crippen LogP contribution in [0, 0.1) is 5.82 Å². The predicted molar refractivity (Wildman–Crippen MR) is 117 cm³/mol. The number of para-hydroxylation sites is 1. The van der Waals surface area contributed by atoms with E-state index in [1.807, 2.05) is 30.5 Å². The van der Waals surface area contributed by atoms with E-state index in [2.05, 4.69) is 15.3 Å². The molecule has 0 saturated heterocycles. The van der Waals surface area contributed by atoms with Crippen molar-refractivity contribution in [1.82, 2.24) is 19.9 Å². The second kappa shape index (κ2) is 9.91. The van der Waals surface area contributed by atoms with Crippen LogP contribution in [-0.4, -0.2) is 39.1 Å². The first-order valence-corrected chi connectivity index (χ1v) is 10.3. The Morgan fingerprint density at radius 1 is 1.16 bits per heavy atom. The quantitative estimate of drug-likeness (QED) is 0.397. The monoisotopic (exact) mass is 434 g/mol. The molecule has 0 radical (unpaired) electrons. The number of fused-ring (bicyclic) bond motifs is 1. The maximum Gasteiger partial charge on any atom is 0.329 e. The number of rotatable bonds is 9. The van der Waals surface area contributed by atoms with Gasteiger partial charge in [0.05, 0.1) is 19.3 Å². The molecule has 1 amide bonds. The molecule has 4 rings (SSSR count). The Morgan fingerprint density at radius 2 is 1.97 bits per heavy atom. The van der Waals surface area contributed by atoms with Crippen molar-refractivity contribution in [1.29, 1.82) is 0 Å². The molecule has 0 saturated carbocycles. The number of benzene rings is 2. The van der Waals surface area contributed by atoms with E-state index < -0.39 is 12.0 Å². The van der Waals surface area contributed by atoms with Crippen LogP contribution in [0.3, 0.4) is 0 Å². The lowest BCUT2D eigenvalue weighted by atomic mass is 10.0. The van der Waals surface area contributed by atoms with E-state index in [0.29, 0.717) is 12.1 Å². The van der Waals surface area contributed by atoms with Gasteiger partial charge >= 0.3 is 5.97 Å². The van der Waals surface area contributed by atoms with Gasteiger partial charge in [-0.25, -0.2) is 14.2 Å². The summed E-state index contributed by atoms with van der Waals surface area (Å²) in [5.74, 6) is -1.22. The minimum absolute atomic E-state index is 0.0347. The van der Waals surface area contributed by atoms with Crippen LogP contribution in [0.2, 0.25) is 0 Å². The van der Waals surface area contributed by atoms with Gasteiger partial charge in [-0.1, -0.05) is 30.3 Å². The fraction of sp³-hybridized carbons (Fsp3) is 0.208. The summed E-state index contributed by atoms with van der Waals surface area (Å²) in [6.07, 6.45) is 7.22. The van der Waals surface area contributed by atoms with Crippen molar-refractivity contribution >= 4 is 22.8 Å². The normalized spacial score (nSPS) is 11.9. The van der Waals surface area contributed by atoms with Crippen molar-refractivity contribution in [2.75, 3.05) is 6.61 Å². The number of halogens is 1. The number of carbonyl (C=O) groups is 2. The average Bonchev–Trinajstić information content (AvgIpc) is 3.45. The van der Waals surface area contributed by atoms with E-state index in [1.165, 1.54) is 12.1 Å². The van der Waals surface area contributed by atoms with Crippen molar-refractivity contribution in [2.45, 2.75) is 25.4 Å². The summed E-state index contributed by atoms with van der Waals surface area (Å²) in [4.78, 5) is 32.6. The molecule has 0 aliphatic rings. The number of imidazole rings is 1. The Balaban J connectivity index is 1.45. The molecule has 2 heterocycles. The standard InChI is InChI=1S/C24H23FN4O3/c25-19-7-5-17(6-8-19)13-23(30)28-22(24(31)32-12-11-29-10-9-26-16-29)14-18-15-27-21-4-2-1-3-20(18)21/h1-10,15-16,22,27H,11-14H2,(H,28,30)/t22-/m1/s1. The third kappa shape index (κ3) is 5.40. The lowest BCUT2D eigenvalue weighted by Gasteiger charge is -2.18. The zero-order valence-electron chi connectivity index (χ0n) is 17.3. The van der Waals surface area contributed by atoms with Crippen LogP contribution < -0.4 is 5.32 Å². The van der Waals surface area contributed by atoms with E-state index in [4.69, 9.17) is 4.74 Å². The highest BCUT2D eigenvalue weighted by molar-refractivity contribution is 5.88. The van der Waals surface area contributed by atoms with E-state index in [-0.39, 0.29) is 31.2 Å². The van der Waals surface area contributed by atoms with Crippen molar-refractivity contribution in [3.8, 4) is 0 Å². The summed E-state index contributed by atoms with van der Waals surface area (Å²) in [5.41, 5.74) is 2.51. The van der Waals surface area contributed by atoms with Gasteiger partial charge in [0.2, 0.25) is 5.91 Å². The molecule has 0 bridgehead atoms. The van der Waals surface area contributed by atoms with Gasteiger partial charge in [-0.3, -0.25) is 4.79 Å². The fourth-order valence-corrected chi connectivity index (χ4v) is 3.52.